The van der Waals surface area contributed by atoms with Gasteiger partial charge in [0.2, 0.25) is 0 Å². The van der Waals surface area contributed by atoms with Gasteiger partial charge in [-0.3, -0.25) is 0 Å². The number of aldehydes is 1. The summed E-state index contributed by atoms with van der Waals surface area (Å²) in [5, 5.41) is 0.367. The van der Waals surface area contributed by atoms with Crippen LogP contribution in [-0.2, 0) is 4.79 Å². The summed E-state index contributed by atoms with van der Waals surface area (Å²) in [6.07, 6.45) is 0.631. The van der Waals surface area contributed by atoms with E-state index >= 15 is 0 Å². The number of carbonyl (C=O) groups is 1. The number of alkyl halides is 1. The molecule has 70 valence electrons. The van der Waals surface area contributed by atoms with E-state index in [0.29, 0.717) is 16.9 Å². The highest BCUT2D eigenvalue weighted by molar-refractivity contribution is 9.09. The van der Waals surface area contributed by atoms with Crippen molar-refractivity contribution >= 4 is 33.8 Å². The van der Waals surface area contributed by atoms with E-state index in [1.807, 2.05) is 0 Å². The molecule has 4 heteroatoms. The van der Waals surface area contributed by atoms with Gasteiger partial charge >= 0.3 is 0 Å². The molecule has 1 rings (SSSR count). The van der Waals surface area contributed by atoms with Crippen LogP contribution >= 0.6 is 27.5 Å². The standard InChI is InChI=1S/C9H7BrClFO/c1-5-2-6(7(10)4-13)9(12)3-8(5)11/h2-4,7H,1H3. The molecule has 1 atom stereocenters. The lowest BCUT2D eigenvalue weighted by atomic mass is 10.1. The van der Waals surface area contributed by atoms with Crippen LogP contribution in [0.1, 0.15) is 16.0 Å². The van der Waals surface area contributed by atoms with Crippen LogP contribution in [0.3, 0.4) is 0 Å². The van der Waals surface area contributed by atoms with Gasteiger partial charge in [-0.15, -0.1) is 0 Å². The molecule has 0 N–H and O–H groups in total. The molecule has 0 spiro atoms. The van der Waals surface area contributed by atoms with Crippen molar-refractivity contribution in [2.45, 2.75) is 11.8 Å². The molecular formula is C9H7BrClFO. The average molecular weight is 266 g/mol. The minimum absolute atomic E-state index is 0.317. The molecule has 0 aliphatic heterocycles. The third-order valence-corrected chi connectivity index (χ3v) is 2.81. The molecule has 0 bridgehead atoms. The maximum Gasteiger partial charge on any atom is 0.138 e. The van der Waals surface area contributed by atoms with E-state index in [4.69, 9.17) is 11.6 Å². The molecular weight excluding hydrogens is 258 g/mol. The molecule has 1 nitrogen and oxygen atoms in total. The molecule has 0 aliphatic carbocycles. The summed E-state index contributed by atoms with van der Waals surface area (Å²) < 4.78 is 13.2. The maximum absolute atomic E-state index is 13.2. The van der Waals surface area contributed by atoms with Gasteiger partial charge in [0, 0.05) is 10.6 Å². The number of rotatable bonds is 2. The van der Waals surface area contributed by atoms with Crippen molar-refractivity contribution in [3.05, 3.63) is 34.1 Å². The van der Waals surface area contributed by atoms with Gasteiger partial charge in [0.05, 0.1) is 4.83 Å². The van der Waals surface area contributed by atoms with Crippen LogP contribution in [0, 0.1) is 12.7 Å². The Hall–Kier alpha value is -0.410. The van der Waals surface area contributed by atoms with Gasteiger partial charge in [-0.1, -0.05) is 33.6 Å². The van der Waals surface area contributed by atoms with Crippen molar-refractivity contribution in [2.75, 3.05) is 0 Å². The highest BCUT2D eigenvalue weighted by Crippen LogP contribution is 2.27. The zero-order valence-electron chi connectivity index (χ0n) is 6.85. The second kappa shape index (κ2) is 4.20. The molecule has 1 aromatic rings. The van der Waals surface area contributed by atoms with Crippen LogP contribution in [0.15, 0.2) is 12.1 Å². The summed E-state index contributed by atoms with van der Waals surface area (Å²) in [4.78, 5) is 9.80. The van der Waals surface area contributed by atoms with Gasteiger partial charge in [-0.25, -0.2) is 4.39 Å². The van der Waals surface area contributed by atoms with Gasteiger partial charge in [0.25, 0.3) is 0 Å². The number of hydrogen-bond acceptors (Lipinski definition) is 1. The van der Waals surface area contributed by atoms with Gasteiger partial charge in [-0.05, 0) is 18.6 Å². The second-order valence-electron chi connectivity index (χ2n) is 2.66. The number of aryl methyl sites for hydroxylation is 1. The summed E-state index contributed by atoms with van der Waals surface area (Å²) in [6, 6.07) is 2.77. The summed E-state index contributed by atoms with van der Waals surface area (Å²) in [5.74, 6) is -0.468. The summed E-state index contributed by atoms with van der Waals surface area (Å²) >= 11 is 8.73. The Morgan fingerprint density at radius 1 is 1.62 bits per heavy atom. The topological polar surface area (TPSA) is 17.1 Å². The summed E-state index contributed by atoms with van der Waals surface area (Å²) in [7, 11) is 0. The molecule has 0 aromatic heterocycles. The maximum atomic E-state index is 13.2. The Labute approximate surface area is 89.0 Å². The molecule has 0 saturated carbocycles. The van der Waals surface area contributed by atoms with Crippen molar-refractivity contribution in [1.82, 2.24) is 0 Å². The fourth-order valence-corrected chi connectivity index (χ4v) is 1.47. The summed E-state index contributed by atoms with van der Waals surface area (Å²) in [5.41, 5.74) is 1.07. The third kappa shape index (κ3) is 2.29. The van der Waals surface area contributed by atoms with Crippen molar-refractivity contribution in [3.63, 3.8) is 0 Å². The number of halogens is 3. The highest BCUT2D eigenvalue weighted by Gasteiger charge is 2.13. The zero-order chi connectivity index (χ0) is 10.0. The minimum Gasteiger partial charge on any atom is -0.302 e. The van der Waals surface area contributed by atoms with Crippen LogP contribution in [0.4, 0.5) is 4.39 Å². The number of hydrogen-bond donors (Lipinski definition) is 0. The van der Waals surface area contributed by atoms with Gasteiger partial charge in [0.1, 0.15) is 12.1 Å². The molecule has 0 radical (unpaired) electrons. The minimum atomic E-state index is -0.608. The molecule has 0 amide bonds. The predicted molar refractivity (Wildman–Crippen MR) is 53.9 cm³/mol. The van der Waals surface area contributed by atoms with Crippen molar-refractivity contribution in [2.24, 2.45) is 0 Å². The number of benzene rings is 1. The third-order valence-electron chi connectivity index (χ3n) is 1.69. The molecule has 1 unspecified atom stereocenters. The van der Waals surface area contributed by atoms with E-state index < -0.39 is 10.6 Å². The lowest BCUT2D eigenvalue weighted by Gasteiger charge is -2.06. The fourth-order valence-electron chi connectivity index (χ4n) is 0.964. The van der Waals surface area contributed by atoms with Crippen LogP contribution in [0.5, 0.6) is 0 Å². The van der Waals surface area contributed by atoms with Crippen LogP contribution in [-0.4, -0.2) is 6.29 Å². The van der Waals surface area contributed by atoms with E-state index in [2.05, 4.69) is 15.9 Å². The highest BCUT2D eigenvalue weighted by atomic mass is 79.9. The van der Waals surface area contributed by atoms with Gasteiger partial charge in [-0.2, -0.15) is 0 Å². The lowest BCUT2D eigenvalue weighted by molar-refractivity contribution is -0.107. The molecule has 0 fully saturated rings. The van der Waals surface area contributed by atoms with E-state index in [-0.39, 0.29) is 0 Å². The largest absolute Gasteiger partial charge is 0.302 e. The SMILES string of the molecule is Cc1cc(C(Br)C=O)c(F)cc1Cl. The summed E-state index contributed by atoms with van der Waals surface area (Å²) in [6.45, 7) is 1.76. The fraction of sp³-hybridized carbons (Fsp3) is 0.222. The second-order valence-corrected chi connectivity index (χ2v) is 4.05. The van der Waals surface area contributed by atoms with Gasteiger partial charge in [0.15, 0.2) is 0 Å². The van der Waals surface area contributed by atoms with E-state index in [0.717, 1.165) is 5.56 Å². The van der Waals surface area contributed by atoms with Crippen molar-refractivity contribution in [3.8, 4) is 0 Å². The zero-order valence-corrected chi connectivity index (χ0v) is 9.19. The Morgan fingerprint density at radius 2 is 2.23 bits per heavy atom. The molecule has 1 aromatic carbocycles. The van der Waals surface area contributed by atoms with Crippen LogP contribution < -0.4 is 0 Å². The van der Waals surface area contributed by atoms with Crippen LogP contribution in [0.25, 0.3) is 0 Å². The first-order valence-electron chi connectivity index (χ1n) is 3.61. The Balaban J connectivity index is 3.22. The molecule has 0 aliphatic rings. The smallest absolute Gasteiger partial charge is 0.138 e. The monoisotopic (exact) mass is 264 g/mol. The van der Waals surface area contributed by atoms with Crippen molar-refractivity contribution in [1.29, 1.82) is 0 Å². The predicted octanol–water partition coefficient (Wildman–Crippen LogP) is 3.42. The van der Waals surface area contributed by atoms with E-state index in [1.165, 1.54) is 6.07 Å². The van der Waals surface area contributed by atoms with E-state index in [9.17, 15) is 9.18 Å². The Morgan fingerprint density at radius 3 is 2.77 bits per heavy atom. The van der Waals surface area contributed by atoms with Crippen molar-refractivity contribution < 1.29 is 9.18 Å². The molecule has 0 saturated heterocycles. The Kier molecular flexibility index (Phi) is 3.45. The molecule has 0 heterocycles. The Bertz CT molecular complexity index is 341. The average Bonchev–Trinajstić information content (AvgIpc) is 2.10. The first-order valence-corrected chi connectivity index (χ1v) is 4.90. The van der Waals surface area contributed by atoms with Crippen LogP contribution in [0.2, 0.25) is 5.02 Å². The quantitative estimate of drug-likeness (QED) is 0.591. The normalized spacial score (nSPS) is 12.6. The van der Waals surface area contributed by atoms with E-state index in [1.54, 1.807) is 13.0 Å². The molecule has 13 heavy (non-hydrogen) atoms. The van der Waals surface area contributed by atoms with Gasteiger partial charge < -0.3 is 4.79 Å². The number of carbonyl (C=O) groups excluding carboxylic acids is 1. The lowest BCUT2D eigenvalue weighted by Crippen LogP contribution is -1.96. The first kappa shape index (κ1) is 10.7. The first-order chi connectivity index (χ1) is 6.06.